The van der Waals surface area contributed by atoms with Crippen molar-refractivity contribution < 1.29 is 9.21 Å². The quantitative estimate of drug-likeness (QED) is 0.273. The fourth-order valence-electron chi connectivity index (χ4n) is 3.95. The zero-order chi connectivity index (χ0) is 22.3. The minimum absolute atomic E-state index is 0. The zero-order valence-corrected chi connectivity index (χ0v) is 21.4. The predicted octanol–water partition coefficient (Wildman–Crippen LogP) is 3.16. The van der Waals surface area contributed by atoms with Gasteiger partial charge in [-0.25, -0.2) is 4.98 Å². The molecule has 2 aromatic heterocycles. The number of aliphatic imine (C=N–C) groups is 1. The number of nitrogens with zero attached hydrogens (tertiary/aromatic N) is 4. The third-order valence-corrected chi connectivity index (χ3v) is 5.82. The maximum atomic E-state index is 12.6. The van der Waals surface area contributed by atoms with Crippen LogP contribution in [0.2, 0.25) is 0 Å². The molecule has 3 heterocycles. The highest BCUT2D eigenvalue weighted by atomic mass is 127. The van der Waals surface area contributed by atoms with E-state index in [1.54, 1.807) is 13.2 Å². The Balaban J connectivity index is 0.00000306. The Kier molecular flexibility index (Phi) is 8.93. The SMILES string of the molecule is CN=C(NCCC(=O)N1CCN(c2ccccn2)CC1)NCc1oc2ccccc2c1C.I. The van der Waals surface area contributed by atoms with Crippen LogP contribution in [-0.4, -0.2) is 61.5 Å². The van der Waals surface area contributed by atoms with E-state index >= 15 is 0 Å². The summed E-state index contributed by atoms with van der Waals surface area (Å²) in [7, 11) is 1.72. The number of hydrogen-bond donors (Lipinski definition) is 2. The number of carbonyl (C=O) groups excluding carboxylic acids is 1. The van der Waals surface area contributed by atoms with E-state index < -0.39 is 0 Å². The number of pyridine rings is 1. The number of rotatable bonds is 6. The second-order valence-electron chi connectivity index (χ2n) is 7.80. The number of halogens is 1. The minimum Gasteiger partial charge on any atom is -0.459 e. The standard InChI is InChI=1S/C24H30N6O2.HI/c1-18-19-7-3-4-8-20(19)32-21(18)17-28-24(25-2)27-12-10-23(31)30-15-13-29(14-16-30)22-9-5-6-11-26-22;/h3-9,11H,10,12-17H2,1-2H3,(H2,25,27,28);1H. The number of nitrogens with one attached hydrogen (secondary N) is 2. The molecule has 176 valence electrons. The summed E-state index contributed by atoms with van der Waals surface area (Å²) in [5.41, 5.74) is 2.02. The number of fused-ring (bicyclic) bond motifs is 1. The molecule has 0 unspecified atom stereocenters. The maximum absolute atomic E-state index is 12.6. The van der Waals surface area contributed by atoms with E-state index in [9.17, 15) is 4.79 Å². The lowest BCUT2D eigenvalue weighted by molar-refractivity contribution is -0.131. The van der Waals surface area contributed by atoms with Gasteiger partial charge >= 0.3 is 0 Å². The summed E-state index contributed by atoms with van der Waals surface area (Å²) < 4.78 is 5.94. The van der Waals surface area contributed by atoms with Crippen molar-refractivity contribution in [3.05, 3.63) is 60.0 Å². The number of benzene rings is 1. The first-order valence-electron chi connectivity index (χ1n) is 11.0. The van der Waals surface area contributed by atoms with Gasteiger partial charge in [-0.05, 0) is 25.1 Å². The normalized spacial score (nSPS) is 14.2. The van der Waals surface area contributed by atoms with Crippen LogP contribution in [0.1, 0.15) is 17.7 Å². The zero-order valence-electron chi connectivity index (χ0n) is 19.1. The fourth-order valence-corrected chi connectivity index (χ4v) is 3.95. The highest BCUT2D eigenvalue weighted by molar-refractivity contribution is 14.0. The van der Waals surface area contributed by atoms with Gasteiger partial charge < -0.3 is 24.9 Å². The van der Waals surface area contributed by atoms with Gasteiger partial charge in [0.2, 0.25) is 5.91 Å². The third-order valence-electron chi connectivity index (χ3n) is 5.82. The second kappa shape index (κ2) is 11.9. The molecule has 1 saturated heterocycles. The molecule has 33 heavy (non-hydrogen) atoms. The number of guanidine groups is 1. The first-order valence-corrected chi connectivity index (χ1v) is 11.0. The molecule has 0 spiro atoms. The molecule has 2 N–H and O–H groups in total. The minimum atomic E-state index is 0. The van der Waals surface area contributed by atoms with Gasteiger partial charge in [0.25, 0.3) is 0 Å². The van der Waals surface area contributed by atoms with Crippen molar-refractivity contribution in [1.82, 2.24) is 20.5 Å². The number of amides is 1. The molecule has 4 rings (SSSR count). The first kappa shape index (κ1) is 24.8. The molecule has 1 aromatic carbocycles. The Morgan fingerprint density at radius 1 is 1.09 bits per heavy atom. The van der Waals surface area contributed by atoms with E-state index in [4.69, 9.17) is 4.42 Å². The van der Waals surface area contributed by atoms with E-state index in [0.29, 0.717) is 38.6 Å². The molecule has 1 aliphatic heterocycles. The number of carbonyl (C=O) groups is 1. The van der Waals surface area contributed by atoms with E-state index in [1.807, 2.05) is 41.3 Å². The number of piperazine rings is 1. The number of aromatic nitrogens is 1. The van der Waals surface area contributed by atoms with Crippen molar-refractivity contribution in [3.8, 4) is 0 Å². The summed E-state index contributed by atoms with van der Waals surface area (Å²) in [4.78, 5) is 25.4. The van der Waals surface area contributed by atoms with Crippen molar-refractivity contribution in [2.24, 2.45) is 4.99 Å². The molecule has 1 aliphatic rings. The summed E-state index contributed by atoms with van der Waals surface area (Å²) >= 11 is 0. The predicted molar refractivity (Wildman–Crippen MR) is 142 cm³/mol. The van der Waals surface area contributed by atoms with E-state index in [-0.39, 0.29) is 29.9 Å². The molecule has 8 nitrogen and oxygen atoms in total. The molecular weight excluding hydrogens is 531 g/mol. The smallest absolute Gasteiger partial charge is 0.224 e. The maximum Gasteiger partial charge on any atom is 0.224 e. The van der Waals surface area contributed by atoms with Crippen LogP contribution in [-0.2, 0) is 11.3 Å². The van der Waals surface area contributed by atoms with Crippen molar-refractivity contribution in [2.75, 3.05) is 44.7 Å². The van der Waals surface area contributed by atoms with Crippen LogP contribution in [0.5, 0.6) is 0 Å². The van der Waals surface area contributed by atoms with Gasteiger partial charge in [-0.2, -0.15) is 0 Å². The Labute approximate surface area is 211 Å². The van der Waals surface area contributed by atoms with Crippen molar-refractivity contribution in [1.29, 1.82) is 0 Å². The Bertz CT molecular complexity index is 1080. The van der Waals surface area contributed by atoms with Crippen LogP contribution in [0.3, 0.4) is 0 Å². The Morgan fingerprint density at radius 3 is 2.55 bits per heavy atom. The highest BCUT2D eigenvalue weighted by Crippen LogP contribution is 2.24. The van der Waals surface area contributed by atoms with Gasteiger partial charge in [0.05, 0.1) is 6.54 Å². The summed E-state index contributed by atoms with van der Waals surface area (Å²) in [6, 6.07) is 13.9. The largest absolute Gasteiger partial charge is 0.459 e. The van der Waals surface area contributed by atoms with Crippen molar-refractivity contribution in [2.45, 2.75) is 19.9 Å². The molecule has 3 aromatic rings. The van der Waals surface area contributed by atoms with Gasteiger partial charge in [-0.15, -0.1) is 24.0 Å². The molecule has 0 atom stereocenters. The van der Waals surface area contributed by atoms with Crippen LogP contribution in [0, 0.1) is 6.92 Å². The molecule has 0 bridgehead atoms. The number of aryl methyl sites for hydroxylation is 1. The van der Waals surface area contributed by atoms with Gasteiger partial charge in [0, 0.05) is 63.3 Å². The fraction of sp³-hybridized carbons (Fsp3) is 0.375. The lowest BCUT2D eigenvalue weighted by Gasteiger charge is -2.35. The lowest BCUT2D eigenvalue weighted by atomic mass is 10.1. The van der Waals surface area contributed by atoms with Crippen LogP contribution < -0.4 is 15.5 Å². The summed E-state index contributed by atoms with van der Waals surface area (Å²) in [5, 5.41) is 7.62. The average Bonchev–Trinajstić information content (AvgIpc) is 3.17. The van der Waals surface area contributed by atoms with E-state index in [1.165, 1.54) is 0 Å². The van der Waals surface area contributed by atoms with Crippen molar-refractivity contribution in [3.63, 3.8) is 0 Å². The van der Waals surface area contributed by atoms with Gasteiger partial charge in [0.1, 0.15) is 17.2 Å². The average molecular weight is 562 g/mol. The van der Waals surface area contributed by atoms with Crippen LogP contribution in [0.4, 0.5) is 5.82 Å². The molecular formula is C24H31IN6O2. The van der Waals surface area contributed by atoms with Gasteiger partial charge in [-0.1, -0.05) is 24.3 Å². The Morgan fingerprint density at radius 2 is 1.85 bits per heavy atom. The number of furan rings is 1. The van der Waals surface area contributed by atoms with Crippen LogP contribution in [0.15, 0.2) is 58.1 Å². The van der Waals surface area contributed by atoms with Gasteiger partial charge in [-0.3, -0.25) is 9.79 Å². The molecule has 1 amide bonds. The first-order chi connectivity index (χ1) is 15.7. The molecule has 0 aliphatic carbocycles. The van der Waals surface area contributed by atoms with E-state index in [0.717, 1.165) is 41.2 Å². The number of para-hydroxylation sites is 1. The van der Waals surface area contributed by atoms with Gasteiger partial charge in [0.15, 0.2) is 5.96 Å². The van der Waals surface area contributed by atoms with E-state index in [2.05, 4.69) is 38.5 Å². The monoisotopic (exact) mass is 562 g/mol. The summed E-state index contributed by atoms with van der Waals surface area (Å²) in [6.45, 7) is 6.15. The van der Waals surface area contributed by atoms with Crippen LogP contribution in [0.25, 0.3) is 11.0 Å². The third kappa shape index (κ3) is 6.16. The number of anilines is 1. The second-order valence-corrected chi connectivity index (χ2v) is 7.80. The van der Waals surface area contributed by atoms with Crippen LogP contribution >= 0.6 is 24.0 Å². The summed E-state index contributed by atoms with van der Waals surface area (Å²) in [6.07, 6.45) is 2.23. The molecule has 0 saturated carbocycles. The van der Waals surface area contributed by atoms with Crippen molar-refractivity contribution >= 4 is 52.6 Å². The summed E-state index contributed by atoms with van der Waals surface area (Å²) in [5.74, 6) is 2.66. The Hall–Kier alpha value is -2.82. The molecule has 9 heteroatoms. The molecule has 1 fully saturated rings. The lowest BCUT2D eigenvalue weighted by Crippen LogP contribution is -2.49. The topological polar surface area (TPSA) is 86.0 Å². The highest BCUT2D eigenvalue weighted by Gasteiger charge is 2.21. The molecule has 0 radical (unpaired) electrons. The number of hydrogen-bond acceptors (Lipinski definition) is 5.